The van der Waals surface area contributed by atoms with Gasteiger partial charge >= 0.3 is 0 Å². The Morgan fingerprint density at radius 1 is 1.37 bits per heavy atom. The smallest absolute Gasteiger partial charge is 0.225 e. The summed E-state index contributed by atoms with van der Waals surface area (Å²) in [5, 5.41) is 12.1. The van der Waals surface area contributed by atoms with E-state index in [-0.39, 0.29) is 12.5 Å². The first-order valence-corrected chi connectivity index (χ1v) is 6.96. The highest BCUT2D eigenvalue weighted by Gasteiger charge is 2.19. The molecule has 1 aromatic rings. The van der Waals surface area contributed by atoms with Crippen molar-refractivity contribution in [3.63, 3.8) is 0 Å². The summed E-state index contributed by atoms with van der Waals surface area (Å²) in [4.78, 5) is 14.1. The molecule has 19 heavy (non-hydrogen) atoms. The predicted octanol–water partition coefficient (Wildman–Crippen LogP) is 1.72. The van der Waals surface area contributed by atoms with Gasteiger partial charge in [0.25, 0.3) is 0 Å². The van der Waals surface area contributed by atoms with Crippen LogP contribution < -0.4 is 5.32 Å². The van der Waals surface area contributed by atoms with Crippen LogP contribution in [-0.4, -0.2) is 42.2 Å². The van der Waals surface area contributed by atoms with Gasteiger partial charge in [0.2, 0.25) is 5.91 Å². The minimum Gasteiger partial charge on any atom is -0.396 e. The van der Waals surface area contributed by atoms with Crippen molar-refractivity contribution in [2.45, 2.75) is 19.3 Å². The Morgan fingerprint density at radius 2 is 2.16 bits per heavy atom. The van der Waals surface area contributed by atoms with Crippen LogP contribution in [0.1, 0.15) is 19.3 Å². The number of amides is 1. The molecule has 2 N–H and O–H groups in total. The van der Waals surface area contributed by atoms with Gasteiger partial charge in [-0.3, -0.25) is 4.79 Å². The Hall–Kier alpha value is -1.39. The van der Waals surface area contributed by atoms with Gasteiger partial charge in [0.1, 0.15) is 0 Å². The van der Waals surface area contributed by atoms with Crippen LogP contribution in [0.5, 0.6) is 0 Å². The fourth-order valence-corrected chi connectivity index (χ4v) is 2.51. The second-order valence-corrected chi connectivity index (χ2v) is 5.16. The summed E-state index contributed by atoms with van der Waals surface area (Å²) in [5.41, 5.74) is 0.847. The van der Waals surface area contributed by atoms with Crippen molar-refractivity contribution in [2.24, 2.45) is 5.92 Å². The molecule has 1 saturated heterocycles. The van der Waals surface area contributed by atoms with Crippen LogP contribution in [0.4, 0.5) is 5.69 Å². The first-order valence-electron chi connectivity index (χ1n) is 6.96. The highest BCUT2D eigenvalue weighted by atomic mass is 16.3. The number of carbonyl (C=O) groups excluding carboxylic acids is 1. The quantitative estimate of drug-likeness (QED) is 0.849. The van der Waals surface area contributed by atoms with E-state index in [4.69, 9.17) is 0 Å². The molecule has 104 valence electrons. The molecule has 0 bridgehead atoms. The minimum absolute atomic E-state index is 0.0531. The number of nitrogens with one attached hydrogen (secondary N) is 1. The molecule has 1 unspecified atom stereocenters. The third kappa shape index (κ3) is 4.65. The number of anilines is 1. The molecule has 4 heteroatoms. The fraction of sp³-hybridized carbons (Fsp3) is 0.533. The maximum absolute atomic E-state index is 11.8. The van der Waals surface area contributed by atoms with Gasteiger partial charge in [-0.15, -0.1) is 0 Å². The van der Waals surface area contributed by atoms with E-state index in [1.54, 1.807) is 0 Å². The second-order valence-electron chi connectivity index (χ2n) is 5.16. The molecule has 4 nitrogen and oxygen atoms in total. The molecule has 1 aromatic carbocycles. The van der Waals surface area contributed by atoms with E-state index in [1.165, 1.54) is 0 Å². The zero-order valence-electron chi connectivity index (χ0n) is 11.2. The lowest BCUT2D eigenvalue weighted by Gasteiger charge is -2.31. The van der Waals surface area contributed by atoms with Gasteiger partial charge < -0.3 is 15.3 Å². The van der Waals surface area contributed by atoms with Crippen molar-refractivity contribution in [1.82, 2.24) is 4.90 Å². The Kier molecular flexibility index (Phi) is 5.36. The molecule has 0 aromatic heterocycles. The molecule has 1 atom stereocenters. The van der Waals surface area contributed by atoms with Gasteiger partial charge in [0.05, 0.1) is 0 Å². The molecular weight excluding hydrogens is 240 g/mol. The van der Waals surface area contributed by atoms with Crippen LogP contribution in [0.25, 0.3) is 0 Å². The first kappa shape index (κ1) is 14.0. The van der Waals surface area contributed by atoms with Crippen LogP contribution in [0, 0.1) is 5.92 Å². The van der Waals surface area contributed by atoms with Crippen LogP contribution in [0.15, 0.2) is 30.3 Å². The van der Waals surface area contributed by atoms with Crippen LogP contribution in [0.3, 0.4) is 0 Å². The van der Waals surface area contributed by atoms with Crippen molar-refractivity contribution in [1.29, 1.82) is 0 Å². The standard InChI is InChI=1S/C15H22N2O2/c18-12-13-5-4-9-17(11-13)10-8-15(19)16-14-6-2-1-3-7-14/h1-3,6-7,13,18H,4-5,8-12H2,(H,16,19). The number of likely N-dealkylation sites (tertiary alicyclic amines) is 1. The van der Waals surface area contributed by atoms with Crippen LogP contribution in [-0.2, 0) is 4.79 Å². The number of para-hydroxylation sites is 1. The molecule has 0 aliphatic carbocycles. The number of aliphatic hydroxyl groups excluding tert-OH is 1. The molecular formula is C15H22N2O2. The highest BCUT2D eigenvalue weighted by Crippen LogP contribution is 2.16. The van der Waals surface area contributed by atoms with Crippen molar-refractivity contribution in [2.75, 3.05) is 31.6 Å². The molecule has 0 saturated carbocycles. The summed E-state index contributed by atoms with van der Waals surface area (Å²) in [5.74, 6) is 0.434. The van der Waals surface area contributed by atoms with E-state index < -0.39 is 0 Å². The van der Waals surface area contributed by atoms with Gasteiger partial charge in [0.15, 0.2) is 0 Å². The number of nitrogens with zero attached hydrogens (tertiary/aromatic N) is 1. The van der Waals surface area contributed by atoms with Crippen LogP contribution in [0.2, 0.25) is 0 Å². The summed E-state index contributed by atoms with van der Waals surface area (Å²) >= 11 is 0. The monoisotopic (exact) mass is 262 g/mol. The number of piperidine rings is 1. The van der Waals surface area contributed by atoms with Crippen molar-refractivity contribution in [3.8, 4) is 0 Å². The van der Waals surface area contributed by atoms with Crippen molar-refractivity contribution >= 4 is 11.6 Å². The summed E-state index contributed by atoms with van der Waals surface area (Å²) in [6.45, 7) is 2.98. The number of rotatable bonds is 5. The fourth-order valence-electron chi connectivity index (χ4n) is 2.51. The summed E-state index contributed by atoms with van der Waals surface area (Å²) in [6, 6.07) is 9.53. The summed E-state index contributed by atoms with van der Waals surface area (Å²) in [7, 11) is 0. The molecule has 2 rings (SSSR count). The SMILES string of the molecule is O=C(CCN1CCCC(CO)C1)Nc1ccccc1. The topological polar surface area (TPSA) is 52.6 Å². The minimum atomic E-state index is 0.0531. The van der Waals surface area contributed by atoms with Crippen molar-refractivity contribution < 1.29 is 9.90 Å². The predicted molar refractivity (Wildman–Crippen MR) is 75.9 cm³/mol. The van der Waals surface area contributed by atoms with Crippen LogP contribution >= 0.6 is 0 Å². The number of benzene rings is 1. The molecule has 1 aliphatic rings. The first-order chi connectivity index (χ1) is 9.28. The molecule has 1 aliphatic heterocycles. The van der Waals surface area contributed by atoms with E-state index in [2.05, 4.69) is 10.2 Å². The molecule has 1 amide bonds. The van der Waals surface area contributed by atoms with Crippen molar-refractivity contribution in [3.05, 3.63) is 30.3 Å². The van der Waals surface area contributed by atoms with Gasteiger partial charge in [-0.25, -0.2) is 0 Å². The van der Waals surface area contributed by atoms with E-state index in [0.717, 1.165) is 38.2 Å². The zero-order chi connectivity index (χ0) is 13.5. The lowest BCUT2D eigenvalue weighted by molar-refractivity contribution is -0.116. The maximum atomic E-state index is 11.8. The van der Waals surface area contributed by atoms with Gasteiger partial charge in [-0.05, 0) is 37.4 Å². The number of hydrogen-bond donors (Lipinski definition) is 2. The largest absolute Gasteiger partial charge is 0.396 e. The Balaban J connectivity index is 1.71. The highest BCUT2D eigenvalue weighted by molar-refractivity contribution is 5.90. The maximum Gasteiger partial charge on any atom is 0.225 e. The van der Waals surface area contributed by atoms with E-state index in [9.17, 15) is 9.90 Å². The lowest BCUT2D eigenvalue weighted by Crippen LogP contribution is -2.38. The second kappa shape index (κ2) is 7.26. The number of carbonyl (C=O) groups is 1. The van der Waals surface area contributed by atoms with Gasteiger partial charge in [-0.1, -0.05) is 18.2 Å². The van der Waals surface area contributed by atoms with Gasteiger partial charge in [0, 0.05) is 31.8 Å². The molecule has 1 heterocycles. The van der Waals surface area contributed by atoms with Gasteiger partial charge in [-0.2, -0.15) is 0 Å². The number of hydrogen-bond acceptors (Lipinski definition) is 3. The summed E-state index contributed by atoms with van der Waals surface area (Å²) in [6.07, 6.45) is 2.72. The van der Waals surface area contributed by atoms with E-state index in [1.807, 2.05) is 30.3 Å². The Bertz CT molecular complexity index is 394. The lowest BCUT2D eigenvalue weighted by atomic mass is 9.99. The third-order valence-electron chi connectivity index (χ3n) is 3.57. The Morgan fingerprint density at radius 3 is 2.89 bits per heavy atom. The molecule has 0 spiro atoms. The Labute approximate surface area is 114 Å². The zero-order valence-corrected chi connectivity index (χ0v) is 11.2. The average Bonchev–Trinajstić information content (AvgIpc) is 2.46. The van der Waals surface area contributed by atoms with E-state index >= 15 is 0 Å². The normalized spacial score (nSPS) is 20.2. The molecule has 0 radical (unpaired) electrons. The average molecular weight is 262 g/mol. The number of aliphatic hydroxyl groups is 1. The molecule has 1 fully saturated rings. The third-order valence-corrected chi connectivity index (χ3v) is 3.57. The van der Waals surface area contributed by atoms with E-state index in [0.29, 0.717) is 12.3 Å². The summed E-state index contributed by atoms with van der Waals surface area (Å²) < 4.78 is 0.